The first-order chi connectivity index (χ1) is 25.9. The number of carboxylic acids is 1. The molecular formula is C39H54N5O10P. The zero-order chi connectivity index (χ0) is 40.4. The Morgan fingerprint density at radius 3 is 1.98 bits per heavy atom. The number of carboxylic acid groups (broad SMARTS) is 1. The van der Waals surface area contributed by atoms with Crippen LogP contribution in [0.5, 0.6) is 11.5 Å². The fraction of sp³-hybridized carbons (Fsp3) is 0.538. The van der Waals surface area contributed by atoms with Gasteiger partial charge in [-0.3, -0.25) is 9.59 Å². The Bertz CT molecular complexity index is 1880. The van der Waals surface area contributed by atoms with Gasteiger partial charge in [-0.15, -0.1) is 0 Å². The lowest BCUT2D eigenvalue weighted by Gasteiger charge is -2.59. The average Bonchev–Trinajstić information content (AvgIpc) is 3.56. The molecule has 4 saturated carbocycles. The lowest BCUT2D eigenvalue weighted by atomic mass is 9.48. The largest absolute Gasteiger partial charge is 0.496 e. The Morgan fingerprint density at radius 2 is 1.49 bits per heavy atom. The number of benzene rings is 2. The van der Waals surface area contributed by atoms with Crippen molar-refractivity contribution in [2.24, 2.45) is 23.7 Å². The maximum absolute atomic E-state index is 14.3. The van der Waals surface area contributed by atoms with Crippen molar-refractivity contribution in [1.82, 2.24) is 24.9 Å². The van der Waals surface area contributed by atoms with Gasteiger partial charge in [0.2, 0.25) is 0 Å². The molecule has 5 N–H and O–H groups in total. The molecule has 55 heavy (non-hydrogen) atoms. The summed E-state index contributed by atoms with van der Waals surface area (Å²) < 4.78 is 22.2. The molecule has 4 aliphatic carbocycles. The number of aromatic nitrogens is 2. The van der Waals surface area contributed by atoms with E-state index in [0.29, 0.717) is 52.4 Å². The number of nitrogens with zero attached hydrogens (tertiary/aromatic N) is 4. The molecule has 4 aliphatic rings. The molecule has 0 radical (unpaired) electrons. The van der Waals surface area contributed by atoms with Crippen LogP contribution in [0.3, 0.4) is 0 Å². The standard InChI is InChI=1S/C39H51N5O6.H3O4P/c1-23(2)29-21-26(37(46)43(5)15-9-14-42(3)4)12-13-31(29)44-32(35-33(49-6)10-8-11-34(35)50-7)22-30(41-44)36(45)40-39(38(47)48)27-17-24-16-25(19-27)20-28(39)18-24;1-5(2,3)4/h8,10-13,21-25,27-28H,9,14-20H2,1-7H3,(H,40,45)(H,47,48);(H3,1,2,3,4). The summed E-state index contributed by atoms with van der Waals surface area (Å²) >= 11 is 0. The van der Waals surface area contributed by atoms with Gasteiger partial charge < -0.3 is 44.4 Å². The van der Waals surface area contributed by atoms with Crippen LogP contribution < -0.4 is 14.8 Å². The molecule has 16 heteroatoms. The van der Waals surface area contributed by atoms with E-state index in [9.17, 15) is 19.5 Å². The van der Waals surface area contributed by atoms with E-state index in [0.717, 1.165) is 44.2 Å². The highest BCUT2D eigenvalue weighted by Gasteiger charge is 2.62. The van der Waals surface area contributed by atoms with E-state index in [2.05, 4.69) is 24.1 Å². The lowest BCUT2D eigenvalue weighted by Crippen LogP contribution is -2.70. The van der Waals surface area contributed by atoms with Gasteiger partial charge in [0.05, 0.1) is 31.2 Å². The number of carbonyl (C=O) groups is 3. The van der Waals surface area contributed by atoms with Gasteiger partial charge in [0, 0.05) is 19.2 Å². The van der Waals surface area contributed by atoms with Gasteiger partial charge in [-0.1, -0.05) is 19.9 Å². The van der Waals surface area contributed by atoms with E-state index in [1.165, 1.54) is 6.42 Å². The van der Waals surface area contributed by atoms with E-state index in [-0.39, 0.29) is 29.4 Å². The maximum atomic E-state index is 14.3. The molecule has 0 spiro atoms. The molecule has 0 atom stereocenters. The van der Waals surface area contributed by atoms with Crippen molar-refractivity contribution in [1.29, 1.82) is 0 Å². The molecule has 2 aromatic carbocycles. The maximum Gasteiger partial charge on any atom is 0.466 e. The first-order valence-corrected chi connectivity index (χ1v) is 20.1. The van der Waals surface area contributed by atoms with Gasteiger partial charge in [0.15, 0.2) is 5.69 Å². The molecule has 7 rings (SSSR count). The smallest absolute Gasteiger partial charge is 0.466 e. The highest BCUT2D eigenvalue weighted by atomic mass is 31.2. The summed E-state index contributed by atoms with van der Waals surface area (Å²) in [7, 11) is 4.36. The summed E-state index contributed by atoms with van der Waals surface area (Å²) in [4.78, 5) is 66.3. The third-order valence-electron chi connectivity index (χ3n) is 11.3. The van der Waals surface area contributed by atoms with Gasteiger partial charge >= 0.3 is 13.8 Å². The van der Waals surface area contributed by atoms with Crippen LogP contribution in [-0.2, 0) is 9.36 Å². The van der Waals surface area contributed by atoms with Crippen LogP contribution in [0.2, 0.25) is 0 Å². The molecule has 15 nitrogen and oxygen atoms in total. The number of nitrogens with one attached hydrogen (secondary N) is 1. The number of carbonyl (C=O) groups excluding carboxylic acids is 2. The molecular weight excluding hydrogens is 729 g/mol. The van der Waals surface area contributed by atoms with Crippen LogP contribution in [0, 0.1) is 23.7 Å². The summed E-state index contributed by atoms with van der Waals surface area (Å²) in [5.41, 5.74) is 2.04. The third-order valence-corrected chi connectivity index (χ3v) is 11.3. The number of ether oxygens (including phenoxy) is 2. The van der Waals surface area contributed by atoms with Crippen LogP contribution in [0.15, 0.2) is 42.5 Å². The van der Waals surface area contributed by atoms with Gasteiger partial charge in [0.25, 0.3) is 11.8 Å². The summed E-state index contributed by atoms with van der Waals surface area (Å²) in [6, 6.07) is 12.7. The minimum Gasteiger partial charge on any atom is -0.496 e. The predicted molar refractivity (Wildman–Crippen MR) is 205 cm³/mol. The van der Waals surface area contributed by atoms with Gasteiger partial charge in [-0.2, -0.15) is 5.10 Å². The van der Waals surface area contributed by atoms with Crippen LogP contribution in [-0.4, -0.2) is 111 Å². The van der Waals surface area contributed by atoms with E-state index < -0.39 is 25.2 Å². The molecule has 1 heterocycles. The van der Waals surface area contributed by atoms with Crippen molar-refractivity contribution in [2.75, 3.05) is 48.5 Å². The van der Waals surface area contributed by atoms with Crippen LogP contribution >= 0.6 is 7.82 Å². The monoisotopic (exact) mass is 783 g/mol. The van der Waals surface area contributed by atoms with Gasteiger partial charge in [0.1, 0.15) is 17.0 Å². The first kappa shape index (κ1) is 41.9. The van der Waals surface area contributed by atoms with Crippen molar-refractivity contribution in [3.05, 3.63) is 59.3 Å². The second kappa shape index (κ2) is 16.8. The highest BCUT2D eigenvalue weighted by Crippen LogP contribution is 2.58. The summed E-state index contributed by atoms with van der Waals surface area (Å²) in [6.07, 6.45) is 5.33. The fourth-order valence-electron chi connectivity index (χ4n) is 9.03. The first-order valence-electron chi connectivity index (χ1n) is 18.6. The SMILES string of the molecule is COc1cccc(OC)c1-c1cc(C(=O)NC2(C(=O)O)C3CC4CC(C3)CC2C4)nn1-c1ccc(C(=O)N(C)CCCN(C)C)cc1C(C)C.O=P(O)(O)O. The van der Waals surface area contributed by atoms with E-state index in [4.69, 9.17) is 33.8 Å². The minimum atomic E-state index is -4.64. The normalized spacial score (nSPS) is 22.6. The third kappa shape index (κ3) is 9.08. The summed E-state index contributed by atoms with van der Waals surface area (Å²) in [5.74, 6) is 0.360. The van der Waals surface area contributed by atoms with Crippen molar-refractivity contribution in [3.8, 4) is 28.4 Å². The predicted octanol–water partition coefficient (Wildman–Crippen LogP) is 4.78. The Balaban J connectivity index is 0.00000109. The van der Waals surface area contributed by atoms with Crippen LogP contribution in [0.1, 0.15) is 84.7 Å². The van der Waals surface area contributed by atoms with Crippen LogP contribution in [0.25, 0.3) is 16.9 Å². The number of methoxy groups -OCH3 is 2. The lowest BCUT2D eigenvalue weighted by molar-refractivity contribution is -0.163. The molecule has 4 bridgehead atoms. The molecule has 3 aromatic rings. The van der Waals surface area contributed by atoms with E-state index in [1.54, 1.807) is 35.9 Å². The second-order valence-electron chi connectivity index (χ2n) is 15.6. The Kier molecular flexibility index (Phi) is 12.8. The van der Waals surface area contributed by atoms with Crippen molar-refractivity contribution >= 4 is 25.6 Å². The zero-order valence-corrected chi connectivity index (χ0v) is 33.5. The zero-order valence-electron chi connectivity index (χ0n) is 32.6. The molecule has 1 aromatic heterocycles. The summed E-state index contributed by atoms with van der Waals surface area (Å²) in [6.45, 7) is 5.62. The summed E-state index contributed by atoms with van der Waals surface area (Å²) in [5, 5.41) is 18.7. The number of phosphoric acid groups is 1. The number of aliphatic carboxylic acids is 1. The number of rotatable bonds is 13. The topological polar surface area (TPSA) is 204 Å². The van der Waals surface area contributed by atoms with Crippen LogP contribution in [0.4, 0.5) is 0 Å². The molecule has 0 unspecified atom stereocenters. The quantitative estimate of drug-likeness (QED) is 0.149. The van der Waals surface area contributed by atoms with Crippen molar-refractivity contribution < 1.29 is 48.2 Å². The fourth-order valence-corrected chi connectivity index (χ4v) is 9.03. The number of hydrogen-bond acceptors (Lipinski definition) is 8. The number of amides is 2. The molecule has 0 aliphatic heterocycles. The molecule has 2 amide bonds. The van der Waals surface area contributed by atoms with Crippen molar-refractivity contribution in [2.45, 2.75) is 63.8 Å². The average molecular weight is 784 g/mol. The van der Waals surface area contributed by atoms with E-state index in [1.807, 2.05) is 51.5 Å². The number of hydrogen-bond donors (Lipinski definition) is 5. The van der Waals surface area contributed by atoms with E-state index >= 15 is 0 Å². The molecule has 0 saturated heterocycles. The molecule has 300 valence electrons. The van der Waals surface area contributed by atoms with Gasteiger partial charge in [-0.25, -0.2) is 14.0 Å². The Morgan fingerprint density at radius 1 is 0.927 bits per heavy atom. The second-order valence-corrected chi connectivity index (χ2v) is 16.6. The molecule has 4 fully saturated rings. The van der Waals surface area contributed by atoms with Crippen molar-refractivity contribution in [3.63, 3.8) is 0 Å². The van der Waals surface area contributed by atoms with Gasteiger partial charge in [-0.05, 0) is 131 Å². The highest BCUT2D eigenvalue weighted by molar-refractivity contribution is 7.45. The Labute approximate surface area is 321 Å². The Hall–Kier alpha value is -4.27. The minimum absolute atomic E-state index is 0.00554.